The van der Waals surface area contributed by atoms with E-state index in [1.807, 2.05) is 13.0 Å². The summed E-state index contributed by atoms with van der Waals surface area (Å²) in [6, 6.07) is 10.7. The lowest BCUT2D eigenvalue weighted by molar-refractivity contribution is -0.151. The average molecular weight is 358 g/mol. The Bertz CT molecular complexity index is 786. The maximum Gasteiger partial charge on any atom is 0.352 e. The van der Waals surface area contributed by atoms with Crippen molar-refractivity contribution < 1.29 is 28.8 Å². The van der Waals surface area contributed by atoms with Crippen molar-refractivity contribution in [1.29, 1.82) is 0 Å². The van der Waals surface area contributed by atoms with Crippen molar-refractivity contribution in [3.8, 4) is 17.2 Å². The van der Waals surface area contributed by atoms with Crippen molar-refractivity contribution in [2.45, 2.75) is 33.0 Å². The highest BCUT2D eigenvalue weighted by molar-refractivity contribution is 5.77. The van der Waals surface area contributed by atoms with Gasteiger partial charge in [-0.25, -0.2) is 4.79 Å². The second-order valence-electron chi connectivity index (χ2n) is 5.82. The van der Waals surface area contributed by atoms with Gasteiger partial charge in [0.25, 0.3) is 0 Å². The highest BCUT2D eigenvalue weighted by Crippen LogP contribution is 2.36. The second kappa shape index (κ2) is 8.10. The van der Waals surface area contributed by atoms with Crippen molar-refractivity contribution in [3.63, 3.8) is 0 Å². The minimum absolute atomic E-state index is 0.0449. The van der Waals surface area contributed by atoms with Gasteiger partial charge >= 0.3 is 5.97 Å². The summed E-state index contributed by atoms with van der Waals surface area (Å²) in [5, 5.41) is 9.32. The number of carbonyl (C=O) groups excluding carboxylic acids is 1. The maximum absolute atomic E-state index is 12.5. The van der Waals surface area contributed by atoms with Crippen LogP contribution in [0.5, 0.6) is 17.2 Å². The van der Waals surface area contributed by atoms with E-state index in [0.29, 0.717) is 29.2 Å². The summed E-state index contributed by atoms with van der Waals surface area (Å²) in [6.07, 6.45) is -0.213. The zero-order valence-corrected chi connectivity index (χ0v) is 14.9. The van der Waals surface area contributed by atoms with Gasteiger partial charge in [-0.05, 0) is 48.7 Å². The molecule has 2 aromatic rings. The first-order chi connectivity index (χ1) is 12.7. The van der Waals surface area contributed by atoms with Crippen LogP contribution < -0.4 is 14.2 Å². The van der Waals surface area contributed by atoms with Crippen LogP contribution in [-0.2, 0) is 22.6 Å². The Hall–Kier alpha value is -2.73. The molecule has 3 rings (SSSR count). The summed E-state index contributed by atoms with van der Waals surface area (Å²) in [5.74, 6) is 1.32. The van der Waals surface area contributed by atoms with E-state index in [1.165, 1.54) is 0 Å². The van der Waals surface area contributed by atoms with Crippen molar-refractivity contribution >= 4 is 5.97 Å². The van der Waals surface area contributed by atoms with Crippen LogP contribution in [0.25, 0.3) is 0 Å². The van der Waals surface area contributed by atoms with Crippen molar-refractivity contribution in [1.82, 2.24) is 0 Å². The standard InChI is InChI=1S/C20H22O6/c1-3-14-9-13(11-21)5-7-16(14)26-19(20(22)23-4-2)15-6-8-17-18(10-15)25-12-24-17/h5-10,19,21H,3-4,11-12H2,1-2H3. The number of rotatable bonds is 7. The number of ether oxygens (including phenoxy) is 4. The maximum atomic E-state index is 12.5. The molecular formula is C20H22O6. The lowest BCUT2D eigenvalue weighted by Gasteiger charge is -2.20. The van der Waals surface area contributed by atoms with Crippen molar-refractivity contribution in [3.05, 3.63) is 53.1 Å². The van der Waals surface area contributed by atoms with Gasteiger partial charge in [0.05, 0.1) is 13.2 Å². The molecule has 0 saturated carbocycles. The van der Waals surface area contributed by atoms with Crippen LogP contribution in [0.2, 0.25) is 0 Å². The first-order valence-corrected chi connectivity index (χ1v) is 8.61. The Morgan fingerprint density at radius 1 is 1.15 bits per heavy atom. The van der Waals surface area contributed by atoms with Gasteiger partial charge in [0.1, 0.15) is 5.75 Å². The summed E-state index contributed by atoms with van der Waals surface area (Å²) >= 11 is 0. The SMILES string of the molecule is CCOC(=O)C(Oc1ccc(CO)cc1CC)c1ccc2c(c1)OCO2. The zero-order valence-electron chi connectivity index (χ0n) is 14.9. The molecule has 6 heteroatoms. The van der Waals surface area contributed by atoms with Gasteiger partial charge in [0.15, 0.2) is 11.5 Å². The Morgan fingerprint density at radius 2 is 1.96 bits per heavy atom. The van der Waals surface area contributed by atoms with E-state index in [2.05, 4.69) is 0 Å². The van der Waals surface area contributed by atoms with Gasteiger partial charge in [-0.2, -0.15) is 0 Å². The predicted molar refractivity (Wildman–Crippen MR) is 94.3 cm³/mol. The number of benzene rings is 2. The number of fused-ring (bicyclic) bond motifs is 1. The summed E-state index contributed by atoms with van der Waals surface area (Å²) in [4.78, 5) is 12.5. The molecule has 0 spiro atoms. The van der Waals surface area contributed by atoms with Gasteiger partial charge in [0.2, 0.25) is 12.9 Å². The van der Waals surface area contributed by atoms with E-state index in [0.717, 1.165) is 11.1 Å². The first kappa shape index (κ1) is 18.1. The van der Waals surface area contributed by atoms with Crippen LogP contribution in [-0.4, -0.2) is 24.5 Å². The monoisotopic (exact) mass is 358 g/mol. The molecule has 0 aliphatic carbocycles. The van der Waals surface area contributed by atoms with Gasteiger partial charge in [-0.15, -0.1) is 0 Å². The van der Waals surface area contributed by atoms with Crippen LogP contribution in [0.15, 0.2) is 36.4 Å². The molecule has 1 heterocycles. The van der Waals surface area contributed by atoms with Crippen LogP contribution in [0.4, 0.5) is 0 Å². The van der Waals surface area contributed by atoms with E-state index < -0.39 is 12.1 Å². The quantitative estimate of drug-likeness (QED) is 0.767. The fraction of sp³-hybridized carbons (Fsp3) is 0.350. The number of esters is 1. The minimum Gasteiger partial charge on any atom is -0.474 e. The molecule has 2 aromatic carbocycles. The second-order valence-corrected chi connectivity index (χ2v) is 5.82. The van der Waals surface area contributed by atoms with Gasteiger partial charge < -0.3 is 24.1 Å². The number of carbonyl (C=O) groups is 1. The topological polar surface area (TPSA) is 74.2 Å². The van der Waals surface area contributed by atoms with E-state index in [4.69, 9.17) is 18.9 Å². The third-order valence-corrected chi connectivity index (χ3v) is 4.13. The summed E-state index contributed by atoms with van der Waals surface area (Å²) in [7, 11) is 0. The average Bonchev–Trinajstić information content (AvgIpc) is 3.13. The normalized spacial score (nSPS) is 13.3. The van der Waals surface area contributed by atoms with Crippen LogP contribution in [0, 0.1) is 0 Å². The van der Waals surface area contributed by atoms with Crippen LogP contribution >= 0.6 is 0 Å². The predicted octanol–water partition coefficient (Wildman–Crippen LogP) is 3.15. The van der Waals surface area contributed by atoms with E-state index in [9.17, 15) is 9.90 Å². The molecule has 0 bridgehead atoms. The van der Waals surface area contributed by atoms with E-state index >= 15 is 0 Å². The Balaban J connectivity index is 1.93. The van der Waals surface area contributed by atoms with Gasteiger partial charge in [0, 0.05) is 5.56 Å². The summed E-state index contributed by atoms with van der Waals surface area (Å²) in [5.41, 5.74) is 2.33. The van der Waals surface area contributed by atoms with E-state index in [1.54, 1.807) is 37.3 Å². The van der Waals surface area contributed by atoms with Crippen LogP contribution in [0.1, 0.15) is 36.6 Å². The van der Waals surface area contributed by atoms with E-state index in [-0.39, 0.29) is 20.0 Å². The molecule has 1 atom stereocenters. The third-order valence-electron chi connectivity index (χ3n) is 4.13. The first-order valence-electron chi connectivity index (χ1n) is 8.61. The lowest BCUT2D eigenvalue weighted by Crippen LogP contribution is -2.22. The molecule has 0 aromatic heterocycles. The molecule has 1 aliphatic heterocycles. The lowest BCUT2D eigenvalue weighted by atomic mass is 10.1. The molecule has 138 valence electrons. The van der Waals surface area contributed by atoms with Crippen molar-refractivity contribution in [2.24, 2.45) is 0 Å². The highest BCUT2D eigenvalue weighted by atomic mass is 16.7. The smallest absolute Gasteiger partial charge is 0.352 e. The molecule has 26 heavy (non-hydrogen) atoms. The largest absolute Gasteiger partial charge is 0.474 e. The van der Waals surface area contributed by atoms with Crippen molar-refractivity contribution in [2.75, 3.05) is 13.4 Å². The Labute approximate surface area is 152 Å². The van der Waals surface area contributed by atoms with Gasteiger partial charge in [-0.3, -0.25) is 0 Å². The summed E-state index contributed by atoms with van der Waals surface area (Å²) in [6.45, 7) is 4.11. The number of aliphatic hydroxyl groups excluding tert-OH is 1. The fourth-order valence-corrected chi connectivity index (χ4v) is 2.80. The highest BCUT2D eigenvalue weighted by Gasteiger charge is 2.27. The molecule has 1 unspecified atom stereocenters. The number of hydrogen-bond acceptors (Lipinski definition) is 6. The third kappa shape index (κ3) is 3.75. The molecule has 0 amide bonds. The molecule has 1 aliphatic rings. The molecule has 0 fully saturated rings. The fourth-order valence-electron chi connectivity index (χ4n) is 2.80. The van der Waals surface area contributed by atoms with Crippen LogP contribution in [0.3, 0.4) is 0 Å². The minimum atomic E-state index is -0.922. The number of hydrogen-bond donors (Lipinski definition) is 1. The molecule has 1 N–H and O–H groups in total. The molecular weight excluding hydrogens is 336 g/mol. The molecule has 0 saturated heterocycles. The Morgan fingerprint density at radius 3 is 2.69 bits per heavy atom. The number of aryl methyl sites for hydroxylation is 1. The molecule has 0 radical (unpaired) electrons. The molecule has 6 nitrogen and oxygen atoms in total. The van der Waals surface area contributed by atoms with Gasteiger partial charge in [-0.1, -0.05) is 19.1 Å². The zero-order chi connectivity index (χ0) is 18.5. The summed E-state index contributed by atoms with van der Waals surface area (Å²) < 4.78 is 22.0. The Kier molecular flexibility index (Phi) is 5.63. The number of aliphatic hydroxyl groups is 1.